The minimum Gasteiger partial charge on any atom is -0.310 e. The number of aromatic nitrogens is 3. The van der Waals surface area contributed by atoms with Gasteiger partial charge in [-0.1, -0.05) is 36.8 Å². The van der Waals surface area contributed by atoms with E-state index in [0.29, 0.717) is 5.82 Å². The zero-order chi connectivity index (χ0) is 17.8. The second-order valence-corrected chi connectivity index (χ2v) is 6.13. The third-order valence-corrected chi connectivity index (χ3v) is 4.11. The molecule has 1 aromatic carbocycles. The van der Waals surface area contributed by atoms with Crippen molar-refractivity contribution in [1.82, 2.24) is 14.8 Å². The van der Waals surface area contributed by atoms with E-state index in [0.717, 1.165) is 28.9 Å². The zero-order valence-electron chi connectivity index (χ0n) is 14.8. The first-order valence-electron chi connectivity index (χ1n) is 8.40. The molecule has 0 bridgehead atoms. The lowest BCUT2D eigenvalue weighted by atomic mass is 10.1. The Kier molecular flexibility index (Phi) is 4.93. The number of nitrogens with one attached hydrogen (secondary N) is 1. The minimum atomic E-state index is -0.0959. The van der Waals surface area contributed by atoms with Gasteiger partial charge in [0.05, 0.1) is 12.1 Å². The number of nitrogens with zero attached hydrogens (tertiary/aromatic N) is 3. The lowest BCUT2D eigenvalue weighted by Gasteiger charge is -2.07. The molecule has 0 atom stereocenters. The Morgan fingerprint density at radius 1 is 1.16 bits per heavy atom. The normalized spacial score (nSPS) is 10.7. The molecule has 5 heteroatoms. The average molecular weight is 334 g/mol. The van der Waals surface area contributed by atoms with Crippen LogP contribution in [-0.2, 0) is 24.7 Å². The lowest BCUT2D eigenvalue weighted by Crippen LogP contribution is -2.17. The van der Waals surface area contributed by atoms with Crippen molar-refractivity contribution >= 4 is 11.7 Å². The van der Waals surface area contributed by atoms with Crippen LogP contribution in [-0.4, -0.2) is 20.7 Å². The number of carbonyl (C=O) groups is 1. The molecule has 0 aliphatic rings. The number of hydrogen-bond acceptors (Lipinski definition) is 3. The van der Waals surface area contributed by atoms with Gasteiger partial charge in [-0.2, -0.15) is 5.10 Å². The molecule has 0 fully saturated rings. The van der Waals surface area contributed by atoms with Gasteiger partial charge in [-0.15, -0.1) is 0 Å². The van der Waals surface area contributed by atoms with Crippen molar-refractivity contribution in [2.45, 2.75) is 26.7 Å². The van der Waals surface area contributed by atoms with Crippen molar-refractivity contribution in [1.29, 1.82) is 0 Å². The summed E-state index contributed by atoms with van der Waals surface area (Å²) in [5.41, 5.74) is 5.24. The van der Waals surface area contributed by atoms with E-state index in [1.807, 2.05) is 38.2 Å². The van der Waals surface area contributed by atoms with E-state index in [4.69, 9.17) is 0 Å². The number of carbonyl (C=O) groups excluding carboxylic acids is 1. The summed E-state index contributed by atoms with van der Waals surface area (Å²) in [6.07, 6.45) is 2.92. The Bertz CT molecular complexity index is 881. The van der Waals surface area contributed by atoms with Gasteiger partial charge in [0.2, 0.25) is 5.91 Å². The summed E-state index contributed by atoms with van der Waals surface area (Å²) in [5, 5.41) is 7.21. The molecule has 1 amide bonds. The highest BCUT2D eigenvalue weighted by molar-refractivity contribution is 5.91. The van der Waals surface area contributed by atoms with E-state index >= 15 is 0 Å². The first-order chi connectivity index (χ1) is 12.0. The van der Waals surface area contributed by atoms with E-state index in [1.165, 1.54) is 5.56 Å². The van der Waals surface area contributed by atoms with E-state index in [2.05, 4.69) is 40.5 Å². The molecule has 0 saturated carbocycles. The molecule has 0 aliphatic heterocycles. The molecular weight excluding hydrogens is 312 g/mol. The molecule has 0 unspecified atom stereocenters. The van der Waals surface area contributed by atoms with Crippen molar-refractivity contribution in [3.05, 3.63) is 65.6 Å². The first kappa shape index (κ1) is 16.9. The van der Waals surface area contributed by atoms with Gasteiger partial charge < -0.3 is 5.32 Å². The molecule has 2 heterocycles. The van der Waals surface area contributed by atoms with Crippen molar-refractivity contribution in [3.63, 3.8) is 0 Å². The minimum absolute atomic E-state index is 0.0959. The van der Waals surface area contributed by atoms with Gasteiger partial charge in [-0.25, -0.2) is 4.98 Å². The smallest absolute Gasteiger partial charge is 0.231 e. The Hall–Kier alpha value is -2.95. The molecule has 128 valence electrons. The number of amides is 1. The van der Waals surface area contributed by atoms with E-state index in [-0.39, 0.29) is 12.3 Å². The average Bonchev–Trinajstić information content (AvgIpc) is 2.95. The van der Waals surface area contributed by atoms with Crippen LogP contribution in [0.1, 0.15) is 23.9 Å². The highest BCUT2D eigenvalue weighted by Gasteiger charge is 2.10. The summed E-state index contributed by atoms with van der Waals surface area (Å²) in [7, 11) is 1.86. The second-order valence-electron chi connectivity index (χ2n) is 6.13. The molecule has 0 spiro atoms. The topological polar surface area (TPSA) is 59.8 Å². The lowest BCUT2D eigenvalue weighted by molar-refractivity contribution is -0.115. The van der Waals surface area contributed by atoms with Crippen molar-refractivity contribution in [2.75, 3.05) is 5.32 Å². The van der Waals surface area contributed by atoms with Gasteiger partial charge in [0.1, 0.15) is 5.82 Å². The van der Waals surface area contributed by atoms with Crippen LogP contribution in [0.5, 0.6) is 0 Å². The summed E-state index contributed by atoms with van der Waals surface area (Å²) in [6, 6.07) is 14.0. The van der Waals surface area contributed by atoms with E-state index in [9.17, 15) is 4.79 Å². The molecule has 3 rings (SSSR count). The third-order valence-electron chi connectivity index (χ3n) is 4.11. The Balaban J connectivity index is 1.66. The molecule has 0 aliphatic carbocycles. The Morgan fingerprint density at radius 2 is 2.00 bits per heavy atom. The van der Waals surface area contributed by atoms with Gasteiger partial charge >= 0.3 is 0 Å². The zero-order valence-corrected chi connectivity index (χ0v) is 14.8. The number of pyridine rings is 1. The van der Waals surface area contributed by atoms with Crippen molar-refractivity contribution in [2.24, 2.45) is 7.05 Å². The largest absolute Gasteiger partial charge is 0.310 e. The maximum absolute atomic E-state index is 12.2. The van der Waals surface area contributed by atoms with E-state index < -0.39 is 0 Å². The summed E-state index contributed by atoms with van der Waals surface area (Å²) < 4.78 is 1.76. The van der Waals surface area contributed by atoms with Gasteiger partial charge in [0.25, 0.3) is 0 Å². The maximum atomic E-state index is 12.2. The van der Waals surface area contributed by atoms with Crippen molar-refractivity contribution in [3.8, 4) is 11.1 Å². The molecule has 5 nitrogen and oxygen atoms in total. The Morgan fingerprint density at radius 3 is 2.64 bits per heavy atom. The van der Waals surface area contributed by atoms with Gasteiger partial charge in [-0.05, 0) is 37.1 Å². The standard InChI is InChI=1S/C20H22N4O/c1-4-17-11-18(24(3)23-17)12-20(25)22-19-9-8-16(13-21-19)15-7-5-6-14(2)10-15/h5-11,13H,4,12H2,1-3H3,(H,21,22,25). The van der Waals surface area contributed by atoms with Crippen LogP contribution in [0.15, 0.2) is 48.7 Å². The molecule has 0 saturated heterocycles. The molecule has 3 aromatic rings. The predicted octanol–water partition coefficient (Wildman–Crippen LogP) is 3.53. The first-order valence-corrected chi connectivity index (χ1v) is 8.40. The number of aryl methyl sites for hydroxylation is 3. The highest BCUT2D eigenvalue weighted by Crippen LogP contribution is 2.20. The summed E-state index contributed by atoms with van der Waals surface area (Å²) in [6.45, 7) is 4.11. The quantitative estimate of drug-likeness (QED) is 0.776. The molecule has 2 aromatic heterocycles. The number of benzene rings is 1. The van der Waals surface area contributed by atoms with Crippen LogP contribution in [0.3, 0.4) is 0 Å². The number of hydrogen-bond donors (Lipinski definition) is 1. The van der Waals surface area contributed by atoms with Crippen LogP contribution >= 0.6 is 0 Å². The fourth-order valence-corrected chi connectivity index (χ4v) is 2.72. The van der Waals surface area contributed by atoms with Gasteiger partial charge in [0.15, 0.2) is 0 Å². The van der Waals surface area contributed by atoms with Crippen LogP contribution in [0, 0.1) is 6.92 Å². The van der Waals surface area contributed by atoms with Crippen LogP contribution in [0.25, 0.3) is 11.1 Å². The fraction of sp³-hybridized carbons (Fsp3) is 0.250. The monoisotopic (exact) mass is 334 g/mol. The SMILES string of the molecule is CCc1cc(CC(=O)Nc2ccc(-c3cccc(C)c3)cn2)n(C)n1. The fourth-order valence-electron chi connectivity index (χ4n) is 2.72. The number of rotatable bonds is 5. The maximum Gasteiger partial charge on any atom is 0.231 e. The van der Waals surface area contributed by atoms with E-state index in [1.54, 1.807) is 10.9 Å². The summed E-state index contributed by atoms with van der Waals surface area (Å²) in [4.78, 5) is 16.6. The molecule has 25 heavy (non-hydrogen) atoms. The number of anilines is 1. The Labute approximate surface area is 147 Å². The van der Waals surface area contributed by atoms with Crippen molar-refractivity contribution < 1.29 is 4.79 Å². The predicted molar refractivity (Wildman–Crippen MR) is 99.3 cm³/mol. The molecule has 0 radical (unpaired) electrons. The van der Waals surface area contributed by atoms with Crippen LogP contribution in [0.4, 0.5) is 5.82 Å². The summed E-state index contributed by atoms with van der Waals surface area (Å²) in [5.74, 6) is 0.459. The van der Waals surface area contributed by atoms with Gasteiger partial charge in [0, 0.05) is 24.5 Å². The molecular formula is C20H22N4O. The highest BCUT2D eigenvalue weighted by atomic mass is 16.1. The second kappa shape index (κ2) is 7.30. The summed E-state index contributed by atoms with van der Waals surface area (Å²) >= 11 is 0. The third kappa shape index (κ3) is 4.12. The van der Waals surface area contributed by atoms with Crippen LogP contribution in [0.2, 0.25) is 0 Å². The molecule has 1 N–H and O–H groups in total. The van der Waals surface area contributed by atoms with Crippen LogP contribution < -0.4 is 5.32 Å². The van der Waals surface area contributed by atoms with Gasteiger partial charge in [-0.3, -0.25) is 9.48 Å².